The molecule has 0 fully saturated rings. The van der Waals surface area contributed by atoms with Crippen LogP contribution in [0.3, 0.4) is 0 Å². The third kappa shape index (κ3) is 5.08. The topological polar surface area (TPSA) is 110 Å². The highest BCUT2D eigenvalue weighted by molar-refractivity contribution is 6.13. The number of para-hydroxylation sites is 1. The van der Waals surface area contributed by atoms with E-state index in [4.69, 9.17) is 0 Å². The van der Waals surface area contributed by atoms with Crippen molar-refractivity contribution in [3.63, 3.8) is 0 Å². The van der Waals surface area contributed by atoms with Gasteiger partial charge in [0.25, 0.3) is 0 Å². The largest absolute Gasteiger partial charge is 0.352 e. The van der Waals surface area contributed by atoms with E-state index >= 15 is 39.6 Å². The zero-order valence-corrected chi connectivity index (χ0v) is 29.3. The second-order valence-corrected chi connectivity index (χ2v) is 13.2. The lowest BCUT2D eigenvalue weighted by atomic mass is 10.1. The summed E-state index contributed by atoms with van der Waals surface area (Å²) in [6, 6.07) is 7.22. The highest BCUT2D eigenvalue weighted by Crippen LogP contribution is 2.45. The summed E-state index contributed by atoms with van der Waals surface area (Å²) in [5, 5.41) is -2.84. The Kier molecular flexibility index (Phi) is 8.12. The van der Waals surface area contributed by atoms with Crippen LogP contribution in [0.4, 0.5) is 77.3 Å². The van der Waals surface area contributed by atoms with Crippen molar-refractivity contribution in [2.45, 2.75) is 0 Å². The molecule has 310 valence electrons. The van der Waals surface area contributed by atoms with Crippen molar-refractivity contribution >= 4 is 55.5 Å². The molecule has 0 saturated heterocycles. The number of anilines is 2. The highest BCUT2D eigenvalue weighted by Gasteiger charge is 2.36. The number of rotatable bonds is 2. The lowest BCUT2D eigenvalue weighted by Gasteiger charge is -2.11. The van der Waals surface area contributed by atoms with Crippen molar-refractivity contribution < 1.29 is 65.9 Å². The Bertz CT molecular complexity index is 3580. The quantitative estimate of drug-likeness (QED) is 0.101. The van der Waals surface area contributed by atoms with Crippen molar-refractivity contribution in [1.82, 2.24) is 39.7 Å². The van der Waals surface area contributed by atoms with Crippen LogP contribution in [-0.4, -0.2) is 39.7 Å². The normalized spacial score (nSPS) is 12.1. The third-order valence-corrected chi connectivity index (χ3v) is 9.79. The zero-order valence-electron chi connectivity index (χ0n) is 29.3. The maximum absolute atomic E-state index is 16.5. The SMILES string of the molecule is Fc1cc2c(c(F)c1F)-c1nc-2nc2[nH]c(nc3nc(nc4c5c(F)c(F)c(F)c(F)c5c(n1)n4F)-c1c(F)c(F)c(F)c(F)c1-3)c1c(Nc3ccccc3)c(F)c(F)c(F)c21. The van der Waals surface area contributed by atoms with Crippen molar-refractivity contribution in [2.75, 3.05) is 5.32 Å². The first-order chi connectivity index (χ1) is 29.5. The van der Waals surface area contributed by atoms with E-state index in [1.54, 1.807) is 0 Å². The first kappa shape index (κ1) is 38.4. The standard InChI is InChI=1S/C38H8F15N9/c39-9-6-8-10(18(41)17(9)40)32-55-31(8)56-34-13-16(30(29(52)28(51)21(13)44)54-7-4-2-1-3-5-7)36(59-34)58-33-11-12(20(43)25(48)24(47)19(11)42)35(57-33)61-38-15-14(37(60-32)62(38)53)22(45)26(49)27(50)23(15)46/h1-6,54H,(H,55,56,57,58,59,60,61). The van der Waals surface area contributed by atoms with Crippen molar-refractivity contribution in [3.05, 3.63) is 118 Å². The van der Waals surface area contributed by atoms with E-state index in [1.165, 1.54) is 30.3 Å². The molecule has 8 aromatic rings. The summed E-state index contributed by atoms with van der Waals surface area (Å²) >= 11 is 0. The number of benzene rings is 5. The average Bonchev–Trinajstić information content (AvgIpc) is 3.97. The van der Waals surface area contributed by atoms with Crippen LogP contribution in [-0.2, 0) is 0 Å². The van der Waals surface area contributed by atoms with E-state index in [0.29, 0.717) is 0 Å². The van der Waals surface area contributed by atoms with Gasteiger partial charge in [0.15, 0.2) is 116 Å². The van der Waals surface area contributed by atoms with Crippen LogP contribution in [0.25, 0.3) is 89.7 Å². The number of fused-ring (bicyclic) bond motifs is 20. The Hall–Kier alpha value is -7.79. The van der Waals surface area contributed by atoms with Gasteiger partial charge in [0.05, 0.1) is 43.9 Å². The maximum atomic E-state index is 16.5. The highest BCUT2D eigenvalue weighted by atomic mass is 19.2. The Labute approximate surface area is 329 Å². The van der Waals surface area contributed by atoms with Crippen LogP contribution in [0.5, 0.6) is 0 Å². The van der Waals surface area contributed by atoms with E-state index in [9.17, 15) is 26.3 Å². The van der Waals surface area contributed by atoms with Crippen molar-refractivity contribution in [2.24, 2.45) is 0 Å². The molecule has 0 radical (unpaired) electrons. The molecule has 24 heteroatoms. The van der Waals surface area contributed by atoms with Gasteiger partial charge in [-0.25, -0.2) is 91.4 Å². The molecular formula is C38H8F15N9. The fraction of sp³-hybridized carbons (Fsp3) is 0. The van der Waals surface area contributed by atoms with Crippen LogP contribution in [0.15, 0.2) is 36.4 Å². The molecule has 0 aliphatic carbocycles. The van der Waals surface area contributed by atoms with E-state index in [2.05, 4.69) is 40.2 Å². The number of H-pyrrole nitrogens is 1. The number of halogens is 15. The molecular weight excluding hydrogens is 867 g/mol. The Morgan fingerprint density at radius 1 is 0.419 bits per heavy atom. The molecule has 62 heavy (non-hydrogen) atoms. The predicted molar refractivity (Wildman–Crippen MR) is 185 cm³/mol. The van der Waals surface area contributed by atoms with Gasteiger partial charge in [-0.3, -0.25) is 0 Å². The minimum Gasteiger partial charge on any atom is -0.352 e. The lowest BCUT2D eigenvalue weighted by Crippen LogP contribution is -2.02. The smallest absolute Gasteiger partial charge is 0.198 e. The zero-order chi connectivity index (χ0) is 44.0. The summed E-state index contributed by atoms with van der Waals surface area (Å²) in [5.41, 5.74) is -11.5. The lowest BCUT2D eigenvalue weighted by molar-refractivity contribution is 0.398. The summed E-state index contributed by atoms with van der Waals surface area (Å²) in [4.78, 5) is 23.7. The van der Waals surface area contributed by atoms with Gasteiger partial charge in [0.2, 0.25) is 0 Å². The minimum absolute atomic E-state index is 0.00470. The van der Waals surface area contributed by atoms with Gasteiger partial charge < -0.3 is 10.3 Å². The number of aromatic amines is 1. The molecule has 0 amide bonds. The van der Waals surface area contributed by atoms with E-state index in [-0.39, 0.29) is 11.8 Å². The molecule has 0 saturated carbocycles. The molecule has 5 heterocycles. The van der Waals surface area contributed by atoms with Gasteiger partial charge >= 0.3 is 0 Å². The molecule has 2 N–H and O–H groups in total. The third-order valence-electron chi connectivity index (χ3n) is 9.79. The molecule has 0 spiro atoms. The van der Waals surface area contributed by atoms with Gasteiger partial charge in [-0.1, -0.05) is 22.7 Å². The number of nitrogens with one attached hydrogen (secondary N) is 2. The van der Waals surface area contributed by atoms with Crippen molar-refractivity contribution in [3.8, 4) is 45.6 Å². The molecule has 2 aliphatic heterocycles. The second kappa shape index (κ2) is 13.1. The molecule has 0 unspecified atom stereocenters. The maximum Gasteiger partial charge on any atom is 0.198 e. The number of nitrogens with zero attached hydrogens (tertiary/aromatic N) is 7. The van der Waals surface area contributed by atoms with E-state index in [0.717, 1.165) is 0 Å². The van der Waals surface area contributed by atoms with Crippen LogP contribution < -0.4 is 5.32 Å². The first-order valence-corrected chi connectivity index (χ1v) is 16.9. The summed E-state index contributed by atoms with van der Waals surface area (Å²) in [5.74, 6) is -37.4. The molecule has 3 aromatic heterocycles. The first-order valence-electron chi connectivity index (χ1n) is 16.9. The van der Waals surface area contributed by atoms with Gasteiger partial charge in [-0.15, -0.1) is 4.79 Å². The molecule has 10 rings (SSSR count). The fourth-order valence-electron chi connectivity index (χ4n) is 7.07. The number of aromatic nitrogens is 8. The predicted octanol–water partition coefficient (Wildman–Crippen LogP) is 10.8. The van der Waals surface area contributed by atoms with Gasteiger partial charge in [0, 0.05) is 11.3 Å². The van der Waals surface area contributed by atoms with Crippen LogP contribution >= 0.6 is 0 Å². The summed E-state index contributed by atoms with van der Waals surface area (Å²) in [6.45, 7) is 0. The summed E-state index contributed by atoms with van der Waals surface area (Å²) in [6.07, 6.45) is 0. The van der Waals surface area contributed by atoms with E-state index < -0.39 is 182 Å². The second-order valence-electron chi connectivity index (χ2n) is 13.2. The fourth-order valence-corrected chi connectivity index (χ4v) is 7.07. The molecule has 9 nitrogen and oxygen atoms in total. The summed E-state index contributed by atoms with van der Waals surface area (Å²) in [7, 11) is 0. The number of hydrogen-bond acceptors (Lipinski definition) is 7. The Morgan fingerprint density at radius 3 is 1.47 bits per heavy atom. The van der Waals surface area contributed by atoms with Crippen LogP contribution in [0.1, 0.15) is 0 Å². The van der Waals surface area contributed by atoms with E-state index in [1.807, 2.05) is 0 Å². The molecule has 8 bridgehead atoms. The molecule has 0 atom stereocenters. The van der Waals surface area contributed by atoms with Gasteiger partial charge in [-0.05, 0) is 18.2 Å². The summed E-state index contributed by atoms with van der Waals surface area (Å²) < 4.78 is 231. The van der Waals surface area contributed by atoms with Gasteiger partial charge in [0.1, 0.15) is 11.3 Å². The van der Waals surface area contributed by atoms with Crippen LogP contribution in [0, 0.1) is 81.4 Å². The molecule has 5 aromatic carbocycles. The minimum atomic E-state index is -2.61. The van der Waals surface area contributed by atoms with Crippen molar-refractivity contribution in [1.29, 1.82) is 0 Å². The van der Waals surface area contributed by atoms with Crippen LogP contribution in [0.2, 0.25) is 0 Å². The monoisotopic (exact) mass is 875 g/mol. The average molecular weight is 876 g/mol. The Morgan fingerprint density at radius 2 is 0.871 bits per heavy atom. The van der Waals surface area contributed by atoms with Gasteiger partial charge in [-0.2, -0.15) is 0 Å². The number of hydrogen-bond donors (Lipinski definition) is 2. The Balaban J connectivity index is 1.50. The molecule has 2 aliphatic rings.